The van der Waals surface area contributed by atoms with Gasteiger partial charge < -0.3 is 10.1 Å². The van der Waals surface area contributed by atoms with Gasteiger partial charge in [-0.3, -0.25) is 25.2 Å². The summed E-state index contributed by atoms with van der Waals surface area (Å²) in [7, 11) is 0. The summed E-state index contributed by atoms with van der Waals surface area (Å²) in [5, 5.41) is 2.51. The van der Waals surface area contributed by atoms with Gasteiger partial charge in [-0.25, -0.2) is 0 Å². The Morgan fingerprint density at radius 3 is 2.62 bits per heavy atom. The number of ether oxygens (including phenoxy) is 1. The molecule has 21 heavy (non-hydrogen) atoms. The minimum atomic E-state index is -0.897. The number of hydrazine groups is 1. The lowest BCUT2D eigenvalue weighted by Crippen LogP contribution is -2.50. The van der Waals surface area contributed by atoms with Gasteiger partial charge in [0.05, 0.1) is 0 Å². The topological polar surface area (TPSA) is 96.5 Å². The largest absolute Gasteiger partial charge is 0.484 e. The van der Waals surface area contributed by atoms with Gasteiger partial charge in [0.2, 0.25) is 0 Å². The van der Waals surface area contributed by atoms with Crippen molar-refractivity contribution in [3.05, 3.63) is 29.8 Å². The molecule has 0 aliphatic heterocycles. The quantitative estimate of drug-likeness (QED) is 0.529. The maximum absolute atomic E-state index is 11.5. The van der Waals surface area contributed by atoms with Crippen LogP contribution in [0.5, 0.6) is 5.75 Å². The fourth-order valence-corrected chi connectivity index (χ4v) is 1.55. The third-order valence-electron chi connectivity index (χ3n) is 2.79. The molecule has 2 rings (SSSR count). The molecule has 1 fully saturated rings. The first-order valence-electron chi connectivity index (χ1n) is 6.64. The number of rotatable bonds is 4. The second kappa shape index (κ2) is 6.74. The van der Waals surface area contributed by atoms with Gasteiger partial charge in [0.15, 0.2) is 6.61 Å². The average Bonchev–Trinajstić information content (AvgIpc) is 3.26. The number of aryl methyl sites for hydroxylation is 1. The van der Waals surface area contributed by atoms with Crippen molar-refractivity contribution in [2.24, 2.45) is 0 Å². The lowest BCUT2D eigenvalue weighted by atomic mass is 10.2. The van der Waals surface area contributed by atoms with Crippen LogP contribution in [0.3, 0.4) is 0 Å². The van der Waals surface area contributed by atoms with Crippen LogP contribution in [0.25, 0.3) is 0 Å². The molecule has 1 aromatic carbocycles. The summed E-state index contributed by atoms with van der Waals surface area (Å²) in [5.74, 6) is -1.64. The van der Waals surface area contributed by atoms with E-state index in [1.165, 1.54) is 0 Å². The van der Waals surface area contributed by atoms with E-state index in [0.717, 1.165) is 18.4 Å². The molecule has 0 atom stereocenters. The van der Waals surface area contributed by atoms with E-state index in [-0.39, 0.29) is 12.6 Å². The Hall–Kier alpha value is -2.57. The Balaban J connectivity index is 1.67. The SMILES string of the molecule is Cc1cccc(OCC(=O)NNC(=O)C(=O)NC2CC2)c1. The molecule has 112 valence electrons. The number of hydrogen-bond acceptors (Lipinski definition) is 4. The fourth-order valence-electron chi connectivity index (χ4n) is 1.55. The van der Waals surface area contributed by atoms with Crippen LogP contribution < -0.4 is 20.9 Å². The van der Waals surface area contributed by atoms with Gasteiger partial charge in [-0.05, 0) is 37.5 Å². The number of carbonyl (C=O) groups is 3. The fraction of sp³-hybridized carbons (Fsp3) is 0.357. The highest BCUT2D eigenvalue weighted by Crippen LogP contribution is 2.18. The second-order valence-corrected chi connectivity index (χ2v) is 4.86. The zero-order valence-corrected chi connectivity index (χ0v) is 11.6. The minimum absolute atomic E-state index is 0.0867. The van der Waals surface area contributed by atoms with E-state index in [0.29, 0.717) is 5.75 Å². The molecule has 1 saturated carbocycles. The summed E-state index contributed by atoms with van der Waals surface area (Å²) in [4.78, 5) is 34.1. The maximum atomic E-state index is 11.5. The lowest BCUT2D eigenvalue weighted by molar-refractivity contribution is -0.141. The van der Waals surface area contributed by atoms with E-state index in [4.69, 9.17) is 4.74 Å². The summed E-state index contributed by atoms with van der Waals surface area (Å²) in [6.07, 6.45) is 1.77. The third kappa shape index (κ3) is 5.13. The Morgan fingerprint density at radius 1 is 1.19 bits per heavy atom. The number of nitrogens with one attached hydrogen (secondary N) is 3. The second-order valence-electron chi connectivity index (χ2n) is 4.86. The summed E-state index contributed by atoms with van der Waals surface area (Å²) < 4.78 is 5.25. The van der Waals surface area contributed by atoms with Crippen LogP contribution in [0.1, 0.15) is 18.4 Å². The molecule has 0 unspecified atom stereocenters. The number of carbonyl (C=O) groups excluding carboxylic acids is 3. The van der Waals surface area contributed by atoms with Crippen LogP contribution >= 0.6 is 0 Å². The van der Waals surface area contributed by atoms with Crippen molar-refractivity contribution in [3.63, 3.8) is 0 Å². The van der Waals surface area contributed by atoms with Gasteiger partial charge in [0.25, 0.3) is 5.91 Å². The highest BCUT2D eigenvalue weighted by atomic mass is 16.5. The van der Waals surface area contributed by atoms with Gasteiger partial charge in [0.1, 0.15) is 5.75 Å². The van der Waals surface area contributed by atoms with E-state index in [9.17, 15) is 14.4 Å². The Morgan fingerprint density at radius 2 is 1.95 bits per heavy atom. The van der Waals surface area contributed by atoms with E-state index in [1.807, 2.05) is 24.5 Å². The summed E-state index contributed by atoms with van der Waals surface area (Å²) in [5.41, 5.74) is 5.16. The van der Waals surface area contributed by atoms with Crippen LogP contribution in [-0.2, 0) is 14.4 Å². The third-order valence-corrected chi connectivity index (χ3v) is 2.79. The number of hydrogen-bond donors (Lipinski definition) is 3. The van der Waals surface area contributed by atoms with Crippen LogP contribution in [0.2, 0.25) is 0 Å². The summed E-state index contributed by atoms with van der Waals surface area (Å²) in [6, 6.07) is 7.32. The minimum Gasteiger partial charge on any atom is -0.484 e. The van der Waals surface area contributed by atoms with Crippen molar-refractivity contribution < 1.29 is 19.1 Å². The van der Waals surface area contributed by atoms with Gasteiger partial charge >= 0.3 is 11.8 Å². The molecule has 3 amide bonds. The molecule has 1 aliphatic rings. The van der Waals surface area contributed by atoms with E-state index in [1.54, 1.807) is 12.1 Å². The Labute approximate surface area is 122 Å². The molecule has 0 bridgehead atoms. The number of amides is 3. The number of benzene rings is 1. The standard InChI is InChI=1S/C14H17N3O4/c1-9-3-2-4-11(7-9)21-8-12(18)16-17-14(20)13(19)15-10-5-6-10/h2-4,7,10H,5-6,8H2,1H3,(H,15,19)(H,16,18)(H,17,20). The predicted molar refractivity (Wildman–Crippen MR) is 74.1 cm³/mol. The molecule has 3 N–H and O–H groups in total. The maximum Gasteiger partial charge on any atom is 0.327 e. The molecule has 0 saturated heterocycles. The molecule has 0 aromatic heterocycles. The van der Waals surface area contributed by atoms with Crippen molar-refractivity contribution in [3.8, 4) is 5.75 Å². The average molecular weight is 291 g/mol. The molecular formula is C14H17N3O4. The van der Waals surface area contributed by atoms with E-state index < -0.39 is 17.7 Å². The monoisotopic (exact) mass is 291 g/mol. The Bertz CT molecular complexity index is 555. The molecule has 7 heteroatoms. The van der Waals surface area contributed by atoms with E-state index >= 15 is 0 Å². The zero-order valence-electron chi connectivity index (χ0n) is 11.6. The first kappa shape index (κ1) is 14.8. The van der Waals surface area contributed by atoms with Crippen molar-refractivity contribution in [2.75, 3.05) is 6.61 Å². The van der Waals surface area contributed by atoms with Crippen molar-refractivity contribution in [1.82, 2.24) is 16.2 Å². The first-order chi connectivity index (χ1) is 10.0. The summed E-state index contributed by atoms with van der Waals surface area (Å²) in [6.45, 7) is 1.65. The normalized spacial score (nSPS) is 13.2. The van der Waals surface area contributed by atoms with Gasteiger partial charge in [-0.2, -0.15) is 0 Å². The van der Waals surface area contributed by atoms with Crippen molar-refractivity contribution in [1.29, 1.82) is 0 Å². The molecule has 7 nitrogen and oxygen atoms in total. The van der Waals surface area contributed by atoms with Crippen molar-refractivity contribution >= 4 is 17.7 Å². The predicted octanol–water partition coefficient (Wildman–Crippen LogP) is -0.200. The highest BCUT2D eigenvalue weighted by Gasteiger charge is 2.26. The zero-order chi connectivity index (χ0) is 15.2. The lowest BCUT2D eigenvalue weighted by Gasteiger charge is -2.09. The van der Waals surface area contributed by atoms with Crippen LogP contribution in [0, 0.1) is 6.92 Å². The van der Waals surface area contributed by atoms with Crippen molar-refractivity contribution in [2.45, 2.75) is 25.8 Å². The van der Waals surface area contributed by atoms with Crippen LogP contribution in [0.15, 0.2) is 24.3 Å². The Kier molecular flexibility index (Phi) is 4.76. The molecule has 0 radical (unpaired) electrons. The van der Waals surface area contributed by atoms with E-state index in [2.05, 4.69) is 10.7 Å². The molecular weight excluding hydrogens is 274 g/mol. The van der Waals surface area contributed by atoms with Gasteiger partial charge in [0, 0.05) is 6.04 Å². The summed E-state index contributed by atoms with van der Waals surface area (Å²) >= 11 is 0. The molecule has 0 heterocycles. The molecule has 1 aromatic rings. The highest BCUT2D eigenvalue weighted by molar-refractivity contribution is 6.35. The molecule has 1 aliphatic carbocycles. The van der Waals surface area contributed by atoms with Gasteiger partial charge in [-0.15, -0.1) is 0 Å². The smallest absolute Gasteiger partial charge is 0.327 e. The van der Waals surface area contributed by atoms with Crippen LogP contribution in [-0.4, -0.2) is 30.4 Å². The molecule has 0 spiro atoms. The van der Waals surface area contributed by atoms with Crippen LogP contribution in [0.4, 0.5) is 0 Å². The first-order valence-corrected chi connectivity index (χ1v) is 6.64. The van der Waals surface area contributed by atoms with Gasteiger partial charge in [-0.1, -0.05) is 12.1 Å².